The number of alkyl halides is 3. The van der Waals surface area contributed by atoms with E-state index in [4.69, 9.17) is 28.3 Å². The van der Waals surface area contributed by atoms with Crippen LogP contribution in [0.2, 0.25) is 10.0 Å². The summed E-state index contributed by atoms with van der Waals surface area (Å²) in [5.74, 6) is 0. The molecule has 0 atom stereocenters. The first-order chi connectivity index (χ1) is 6.38. The molecule has 0 aliphatic rings. The normalized spacial score (nSPS) is 11.9. The van der Waals surface area contributed by atoms with Crippen LogP contribution in [0.1, 0.15) is 11.1 Å². The first-order valence-electron chi connectivity index (χ1n) is 3.53. The molecule has 0 heterocycles. The van der Waals surface area contributed by atoms with Crippen molar-refractivity contribution in [2.24, 2.45) is 0 Å². The van der Waals surface area contributed by atoms with Gasteiger partial charge in [-0.25, -0.2) is 0 Å². The zero-order valence-corrected chi connectivity index (χ0v) is 8.21. The van der Waals surface area contributed by atoms with E-state index in [0.29, 0.717) is 0 Å². The Bertz CT molecular complexity index is 349. The number of rotatable bonds is 1. The summed E-state index contributed by atoms with van der Waals surface area (Å²) in [6, 6.07) is 1.84. The van der Waals surface area contributed by atoms with Crippen LogP contribution < -0.4 is 0 Å². The van der Waals surface area contributed by atoms with E-state index >= 15 is 0 Å². The maximum absolute atomic E-state index is 12.3. The molecular weight excluding hydrogens is 240 g/mol. The summed E-state index contributed by atoms with van der Waals surface area (Å²) in [5.41, 5.74) is -1.10. The number of aliphatic hydroxyl groups is 1. The molecule has 1 aromatic rings. The molecule has 0 radical (unpaired) electrons. The monoisotopic (exact) mass is 244 g/mol. The molecular formula is C8H5Cl2F3O. The summed E-state index contributed by atoms with van der Waals surface area (Å²) in [4.78, 5) is 0. The molecule has 0 aliphatic carbocycles. The van der Waals surface area contributed by atoms with Gasteiger partial charge in [0.25, 0.3) is 0 Å². The summed E-state index contributed by atoms with van der Waals surface area (Å²) in [5, 5.41) is 8.22. The molecule has 1 aromatic carbocycles. The first kappa shape index (κ1) is 11.6. The third-order valence-corrected chi connectivity index (χ3v) is 2.44. The van der Waals surface area contributed by atoms with Crippen LogP contribution in [0, 0.1) is 0 Å². The van der Waals surface area contributed by atoms with E-state index in [-0.39, 0.29) is 10.6 Å². The summed E-state index contributed by atoms with van der Waals surface area (Å²) < 4.78 is 36.9. The van der Waals surface area contributed by atoms with Crippen LogP contribution in [-0.4, -0.2) is 5.11 Å². The molecule has 78 valence electrons. The SMILES string of the molecule is OCc1c(Cl)ccc(C(F)(F)F)c1Cl. The van der Waals surface area contributed by atoms with Gasteiger partial charge in [-0.3, -0.25) is 0 Å². The third-order valence-electron chi connectivity index (χ3n) is 1.65. The van der Waals surface area contributed by atoms with E-state index in [1.807, 2.05) is 0 Å². The van der Waals surface area contributed by atoms with Crippen molar-refractivity contribution in [3.63, 3.8) is 0 Å². The maximum Gasteiger partial charge on any atom is 0.417 e. The van der Waals surface area contributed by atoms with E-state index < -0.39 is 23.4 Å². The van der Waals surface area contributed by atoms with Gasteiger partial charge >= 0.3 is 6.18 Å². The predicted molar refractivity (Wildman–Crippen MR) is 47.4 cm³/mol. The van der Waals surface area contributed by atoms with Gasteiger partial charge in [0.15, 0.2) is 0 Å². The zero-order chi connectivity index (χ0) is 10.9. The fourth-order valence-electron chi connectivity index (χ4n) is 0.962. The molecule has 0 saturated carbocycles. The van der Waals surface area contributed by atoms with Crippen LogP contribution in [0.4, 0.5) is 13.2 Å². The molecule has 0 unspecified atom stereocenters. The van der Waals surface area contributed by atoms with Crippen molar-refractivity contribution < 1.29 is 18.3 Å². The molecule has 6 heteroatoms. The van der Waals surface area contributed by atoms with Gasteiger partial charge in [-0.1, -0.05) is 23.2 Å². The third kappa shape index (κ3) is 2.13. The van der Waals surface area contributed by atoms with E-state index in [2.05, 4.69) is 0 Å². The van der Waals surface area contributed by atoms with Crippen molar-refractivity contribution in [1.29, 1.82) is 0 Å². The largest absolute Gasteiger partial charge is 0.417 e. The smallest absolute Gasteiger partial charge is 0.392 e. The van der Waals surface area contributed by atoms with Gasteiger partial charge in [0.2, 0.25) is 0 Å². The Kier molecular flexibility index (Phi) is 3.29. The van der Waals surface area contributed by atoms with Crippen LogP contribution in [0.5, 0.6) is 0 Å². The molecule has 1 N–H and O–H groups in total. The minimum Gasteiger partial charge on any atom is -0.392 e. The van der Waals surface area contributed by atoms with E-state index in [1.165, 1.54) is 0 Å². The molecule has 0 spiro atoms. The highest BCUT2D eigenvalue weighted by atomic mass is 35.5. The molecule has 0 aromatic heterocycles. The molecule has 1 nitrogen and oxygen atoms in total. The highest BCUT2D eigenvalue weighted by Gasteiger charge is 2.34. The standard InChI is InChI=1S/C8H5Cl2F3O/c9-6-2-1-5(8(11,12)13)7(10)4(6)3-14/h1-2,14H,3H2. The van der Waals surface area contributed by atoms with Gasteiger partial charge < -0.3 is 5.11 Å². The lowest BCUT2D eigenvalue weighted by atomic mass is 10.1. The van der Waals surface area contributed by atoms with Crippen molar-refractivity contribution in [3.8, 4) is 0 Å². The second-order valence-electron chi connectivity index (χ2n) is 2.54. The van der Waals surface area contributed by atoms with Crippen molar-refractivity contribution >= 4 is 23.2 Å². The van der Waals surface area contributed by atoms with Gasteiger partial charge in [0.05, 0.1) is 17.2 Å². The average molecular weight is 245 g/mol. The second kappa shape index (κ2) is 3.96. The fraction of sp³-hybridized carbons (Fsp3) is 0.250. The first-order valence-corrected chi connectivity index (χ1v) is 4.28. The minimum absolute atomic E-state index is 0.0190. The predicted octanol–water partition coefficient (Wildman–Crippen LogP) is 3.50. The van der Waals surface area contributed by atoms with Crippen molar-refractivity contribution in [2.45, 2.75) is 12.8 Å². The Hall–Kier alpha value is -0.450. The van der Waals surface area contributed by atoms with Gasteiger partial charge in [0, 0.05) is 10.6 Å². The van der Waals surface area contributed by atoms with Gasteiger partial charge in [0.1, 0.15) is 0 Å². The number of hydrogen-bond acceptors (Lipinski definition) is 1. The van der Waals surface area contributed by atoms with Gasteiger partial charge in [-0.05, 0) is 12.1 Å². The molecule has 0 amide bonds. The van der Waals surface area contributed by atoms with Crippen molar-refractivity contribution in [1.82, 2.24) is 0 Å². The topological polar surface area (TPSA) is 20.2 Å². The average Bonchev–Trinajstić information content (AvgIpc) is 2.02. The molecule has 1 rings (SSSR count). The van der Waals surface area contributed by atoms with Crippen molar-refractivity contribution in [2.75, 3.05) is 0 Å². The van der Waals surface area contributed by atoms with Crippen LogP contribution in [-0.2, 0) is 12.8 Å². The Morgan fingerprint density at radius 2 is 1.79 bits per heavy atom. The van der Waals surface area contributed by atoms with E-state index in [1.54, 1.807) is 0 Å². The van der Waals surface area contributed by atoms with E-state index in [9.17, 15) is 13.2 Å². The molecule has 0 saturated heterocycles. The lowest BCUT2D eigenvalue weighted by Crippen LogP contribution is -2.07. The van der Waals surface area contributed by atoms with Crippen LogP contribution >= 0.6 is 23.2 Å². The fourth-order valence-corrected chi connectivity index (χ4v) is 1.56. The van der Waals surface area contributed by atoms with Gasteiger partial charge in [-0.15, -0.1) is 0 Å². The highest BCUT2D eigenvalue weighted by Crippen LogP contribution is 2.38. The Morgan fingerprint density at radius 1 is 1.21 bits per heavy atom. The minimum atomic E-state index is -4.54. The summed E-state index contributed by atoms with van der Waals surface area (Å²) in [6.45, 7) is -0.623. The number of aliphatic hydroxyl groups excluding tert-OH is 1. The van der Waals surface area contributed by atoms with Crippen LogP contribution in [0.15, 0.2) is 12.1 Å². The van der Waals surface area contributed by atoms with Crippen molar-refractivity contribution in [3.05, 3.63) is 33.3 Å². The van der Waals surface area contributed by atoms with Crippen LogP contribution in [0.3, 0.4) is 0 Å². The highest BCUT2D eigenvalue weighted by molar-refractivity contribution is 6.36. The summed E-state index contributed by atoms with van der Waals surface area (Å²) in [6.07, 6.45) is -4.54. The Balaban J connectivity index is 3.36. The molecule has 0 fully saturated rings. The lowest BCUT2D eigenvalue weighted by Gasteiger charge is -2.12. The Labute approximate surface area is 88.1 Å². The quantitative estimate of drug-likeness (QED) is 0.802. The zero-order valence-electron chi connectivity index (χ0n) is 6.70. The van der Waals surface area contributed by atoms with Crippen LogP contribution in [0.25, 0.3) is 0 Å². The maximum atomic E-state index is 12.3. The molecule has 0 bridgehead atoms. The van der Waals surface area contributed by atoms with E-state index in [0.717, 1.165) is 12.1 Å². The summed E-state index contributed by atoms with van der Waals surface area (Å²) in [7, 11) is 0. The Morgan fingerprint density at radius 3 is 2.21 bits per heavy atom. The second-order valence-corrected chi connectivity index (χ2v) is 3.33. The number of benzene rings is 1. The lowest BCUT2D eigenvalue weighted by molar-refractivity contribution is -0.137. The molecule has 14 heavy (non-hydrogen) atoms. The van der Waals surface area contributed by atoms with Gasteiger partial charge in [-0.2, -0.15) is 13.2 Å². The summed E-state index contributed by atoms with van der Waals surface area (Å²) >= 11 is 11.0. The molecule has 0 aliphatic heterocycles. The number of hydrogen-bond donors (Lipinski definition) is 1. The number of halogens is 5.